The third-order valence-electron chi connectivity index (χ3n) is 4.11. The third-order valence-corrected chi connectivity index (χ3v) is 4.11. The molecule has 0 spiro atoms. The Hall–Kier alpha value is -2.28. The summed E-state index contributed by atoms with van der Waals surface area (Å²) in [5.74, 6) is -2.29. The van der Waals surface area contributed by atoms with Gasteiger partial charge in [-0.15, -0.1) is 0 Å². The molecule has 1 N–H and O–H groups in total. The molecule has 130 valence electrons. The molecule has 1 aromatic rings. The van der Waals surface area contributed by atoms with Crippen LogP contribution in [0.4, 0.5) is 8.78 Å². The standard InChI is InChI=1S/C17H20F2N2O3/c1-2-16(23)20-7-8-21(13(10-20)11-22)17(24)6-4-12-3-5-14(18)15(19)9-12/h2-3,5,9,13,22H,1,4,6-8,10-11H2/t13-/m1/s1. The maximum atomic E-state index is 13.2. The summed E-state index contributed by atoms with van der Waals surface area (Å²) in [5, 5.41) is 9.49. The molecule has 1 heterocycles. The molecule has 1 aliphatic rings. The number of carbonyl (C=O) groups is 2. The highest BCUT2D eigenvalue weighted by Crippen LogP contribution is 2.15. The highest BCUT2D eigenvalue weighted by atomic mass is 19.2. The molecule has 2 amide bonds. The van der Waals surface area contributed by atoms with Crippen molar-refractivity contribution in [2.75, 3.05) is 26.2 Å². The Bertz CT molecular complexity index is 636. The van der Waals surface area contributed by atoms with Crippen LogP contribution in [-0.2, 0) is 16.0 Å². The van der Waals surface area contributed by atoms with Crippen molar-refractivity contribution in [2.24, 2.45) is 0 Å². The van der Waals surface area contributed by atoms with Crippen molar-refractivity contribution in [3.05, 3.63) is 48.1 Å². The largest absolute Gasteiger partial charge is 0.394 e. The lowest BCUT2D eigenvalue weighted by molar-refractivity contribution is -0.142. The summed E-state index contributed by atoms with van der Waals surface area (Å²) in [6.45, 7) is 4.12. The second-order valence-electron chi connectivity index (χ2n) is 5.66. The van der Waals surface area contributed by atoms with Crippen molar-refractivity contribution in [2.45, 2.75) is 18.9 Å². The van der Waals surface area contributed by atoms with E-state index in [0.29, 0.717) is 18.7 Å². The SMILES string of the molecule is C=CC(=O)N1CCN(C(=O)CCc2ccc(F)c(F)c2)[C@@H](CO)C1. The van der Waals surface area contributed by atoms with Gasteiger partial charge in [0.2, 0.25) is 11.8 Å². The van der Waals surface area contributed by atoms with Crippen LogP contribution in [0.3, 0.4) is 0 Å². The maximum Gasteiger partial charge on any atom is 0.246 e. The molecule has 1 aromatic carbocycles. The van der Waals surface area contributed by atoms with E-state index in [-0.39, 0.29) is 37.8 Å². The zero-order valence-corrected chi connectivity index (χ0v) is 13.3. The number of carbonyl (C=O) groups excluding carboxylic acids is 2. The molecule has 0 radical (unpaired) electrons. The summed E-state index contributed by atoms with van der Waals surface area (Å²) >= 11 is 0. The number of piperazine rings is 1. The van der Waals surface area contributed by atoms with Gasteiger partial charge < -0.3 is 14.9 Å². The van der Waals surface area contributed by atoms with Gasteiger partial charge in [-0.25, -0.2) is 8.78 Å². The number of benzene rings is 1. The molecule has 5 nitrogen and oxygen atoms in total. The molecular formula is C17H20F2N2O3. The molecule has 24 heavy (non-hydrogen) atoms. The van der Waals surface area contributed by atoms with Crippen molar-refractivity contribution in [3.8, 4) is 0 Å². The fourth-order valence-corrected chi connectivity index (χ4v) is 2.76. The minimum absolute atomic E-state index is 0.122. The number of hydrogen-bond acceptors (Lipinski definition) is 3. The van der Waals surface area contributed by atoms with Gasteiger partial charge in [0.15, 0.2) is 11.6 Å². The average molecular weight is 338 g/mol. The van der Waals surface area contributed by atoms with Crippen LogP contribution in [0.1, 0.15) is 12.0 Å². The van der Waals surface area contributed by atoms with Crippen molar-refractivity contribution in [1.29, 1.82) is 0 Å². The Balaban J connectivity index is 1.95. The minimum atomic E-state index is -0.940. The lowest BCUT2D eigenvalue weighted by Crippen LogP contribution is -2.57. The first-order valence-corrected chi connectivity index (χ1v) is 7.72. The van der Waals surface area contributed by atoms with Gasteiger partial charge in [0.25, 0.3) is 0 Å². The molecule has 0 saturated carbocycles. The Labute approximate surface area is 139 Å². The van der Waals surface area contributed by atoms with Gasteiger partial charge in [0, 0.05) is 26.1 Å². The molecule has 1 fully saturated rings. The van der Waals surface area contributed by atoms with E-state index in [2.05, 4.69) is 6.58 Å². The van der Waals surface area contributed by atoms with Crippen molar-refractivity contribution in [3.63, 3.8) is 0 Å². The number of hydrogen-bond donors (Lipinski definition) is 1. The molecular weight excluding hydrogens is 318 g/mol. The number of amides is 2. The van der Waals surface area contributed by atoms with Gasteiger partial charge in [0.1, 0.15) is 0 Å². The fourth-order valence-electron chi connectivity index (χ4n) is 2.76. The second-order valence-corrected chi connectivity index (χ2v) is 5.66. The molecule has 0 aromatic heterocycles. The third kappa shape index (κ3) is 4.17. The molecule has 1 saturated heterocycles. The summed E-state index contributed by atoms with van der Waals surface area (Å²) in [6, 6.07) is 3.08. The topological polar surface area (TPSA) is 60.9 Å². The van der Waals surface area contributed by atoms with Gasteiger partial charge in [-0.1, -0.05) is 12.6 Å². The first-order valence-electron chi connectivity index (χ1n) is 7.72. The number of nitrogens with zero attached hydrogens (tertiary/aromatic N) is 2. The van der Waals surface area contributed by atoms with E-state index in [1.807, 2.05) is 0 Å². The van der Waals surface area contributed by atoms with E-state index in [1.165, 1.54) is 21.9 Å². The monoisotopic (exact) mass is 338 g/mol. The summed E-state index contributed by atoms with van der Waals surface area (Å²) in [7, 11) is 0. The molecule has 2 rings (SSSR count). The van der Waals surface area contributed by atoms with Crippen LogP contribution < -0.4 is 0 Å². The van der Waals surface area contributed by atoms with E-state index in [0.717, 1.165) is 12.1 Å². The smallest absolute Gasteiger partial charge is 0.246 e. The molecule has 0 bridgehead atoms. The lowest BCUT2D eigenvalue weighted by atomic mass is 10.1. The Kier molecular flexibility index (Phi) is 6.03. The Morgan fingerprint density at radius 3 is 2.67 bits per heavy atom. The number of aryl methyl sites for hydroxylation is 1. The number of aliphatic hydroxyl groups is 1. The Morgan fingerprint density at radius 1 is 1.29 bits per heavy atom. The minimum Gasteiger partial charge on any atom is -0.394 e. The maximum absolute atomic E-state index is 13.2. The summed E-state index contributed by atoms with van der Waals surface area (Å²) < 4.78 is 26.1. The average Bonchev–Trinajstić information content (AvgIpc) is 2.61. The van der Waals surface area contributed by atoms with E-state index >= 15 is 0 Å². The second kappa shape index (κ2) is 8.01. The molecule has 0 unspecified atom stereocenters. The van der Waals surface area contributed by atoms with Crippen LogP contribution in [0.15, 0.2) is 30.9 Å². The predicted octanol–water partition coefficient (Wildman–Crippen LogP) is 1.12. The number of aliphatic hydroxyl groups excluding tert-OH is 1. The van der Waals surface area contributed by atoms with Gasteiger partial charge in [-0.2, -0.15) is 0 Å². The summed E-state index contributed by atoms with van der Waals surface area (Å²) in [5.41, 5.74) is 0.531. The zero-order chi connectivity index (χ0) is 17.7. The lowest BCUT2D eigenvalue weighted by Gasteiger charge is -2.40. The van der Waals surface area contributed by atoms with Crippen LogP contribution >= 0.6 is 0 Å². The van der Waals surface area contributed by atoms with Crippen molar-refractivity contribution < 1.29 is 23.5 Å². The first-order chi connectivity index (χ1) is 11.5. The molecule has 0 aliphatic carbocycles. The van der Waals surface area contributed by atoms with Crippen molar-refractivity contribution >= 4 is 11.8 Å². The van der Waals surface area contributed by atoms with E-state index in [4.69, 9.17) is 0 Å². The summed E-state index contributed by atoms with van der Waals surface area (Å²) in [6.07, 6.45) is 1.60. The van der Waals surface area contributed by atoms with Crippen LogP contribution in [-0.4, -0.2) is 59.0 Å². The van der Waals surface area contributed by atoms with Crippen LogP contribution in [0, 0.1) is 11.6 Å². The van der Waals surface area contributed by atoms with Gasteiger partial charge in [0.05, 0.1) is 12.6 Å². The van der Waals surface area contributed by atoms with Gasteiger partial charge >= 0.3 is 0 Å². The molecule has 1 atom stereocenters. The predicted molar refractivity (Wildman–Crippen MR) is 84.0 cm³/mol. The van der Waals surface area contributed by atoms with Crippen LogP contribution in [0.25, 0.3) is 0 Å². The van der Waals surface area contributed by atoms with Crippen molar-refractivity contribution in [1.82, 2.24) is 9.80 Å². The van der Waals surface area contributed by atoms with Gasteiger partial charge in [-0.3, -0.25) is 9.59 Å². The Morgan fingerprint density at radius 2 is 2.04 bits per heavy atom. The normalized spacial score (nSPS) is 17.7. The van der Waals surface area contributed by atoms with E-state index < -0.39 is 17.7 Å². The van der Waals surface area contributed by atoms with Crippen LogP contribution in [0.2, 0.25) is 0 Å². The van der Waals surface area contributed by atoms with Gasteiger partial charge in [-0.05, 0) is 30.2 Å². The fraction of sp³-hybridized carbons (Fsp3) is 0.412. The molecule has 1 aliphatic heterocycles. The van der Waals surface area contributed by atoms with E-state index in [1.54, 1.807) is 0 Å². The quantitative estimate of drug-likeness (QED) is 0.819. The highest BCUT2D eigenvalue weighted by Gasteiger charge is 2.30. The summed E-state index contributed by atoms with van der Waals surface area (Å²) in [4.78, 5) is 27.1. The number of halogens is 2. The zero-order valence-electron chi connectivity index (χ0n) is 13.3. The number of rotatable bonds is 5. The first kappa shape index (κ1) is 18.1. The highest BCUT2D eigenvalue weighted by molar-refractivity contribution is 5.87. The van der Waals surface area contributed by atoms with E-state index in [9.17, 15) is 23.5 Å². The van der Waals surface area contributed by atoms with Crippen LogP contribution in [0.5, 0.6) is 0 Å². The molecule has 7 heteroatoms.